The third kappa shape index (κ3) is 3.12. The van der Waals surface area contributed by atoms with Gasteiger partial charge >= 0.3 is 0 Å². The monoisotopic (exact) mass is 267 g/mol. The van der Waals surface area contributed by atoms with Crippen LogP contribution >= 0.6 is 22.7 Å². The average molecular weight is 267 g/mol. The van der Waals surface area contributed by atoms with Gasteiger partial charge in [-0.3, -0.25) is 0 Å². The van der Waals surface area contributed by atoms with Crippen molar-refractivity contribution in [3.05, 3.63) is 21.5 Å². The zero-order valence-corrected chi connectivity index (χ0v) is 12.0. The second-order valence-corrected chi connectivity index (χ2v) is 5.95. The van der Waals surface area contributed by atoms with Crippen molar-refractivity contribution in [1.82, 2.24) is 15.3 Å². The van der Waals surface area contributed by atoms with Crippen molar-refractivity contribution in [2.75, 3.05) is 0 Å². The summed E-state index contributed by atoms with van der Waals surface area (Å²) in [6, 6.07) is 0.504. The van der Waals surface area contributed by atoms with E-state index in [-0.39, 0.29) is 0 Å². The number of nitrogens with zero attached hydrogens (tertiary/aromatic N) is 2. The lowest BCUT2D eigenvalue weighted by atomic mass is 10.3. The number of nitrogens with one attached hydrogen (secondary N) is 1. The number of aryl methyl sites for hydroxylation is 1. The van der Waals surface area contributed by atoms with Crippen LogP contribution in [0.1, 0.15) is 31.3 Å². The Morgan fingerprint density at radius 1 is 1.41 bits per heavy atom. The highest BCUT2D eigenvalue weighted by atomic mass is 32.1. The first-order valence-electron chi connectivity index (χ1n) is 5.81. The maximum atomic E-state index is 4.67. The summed E-state index contributed by atoms with van der Waals surface area (Å²) in [6.45, 7) is 7.38. The summed E-state index contributed by atoms with van der Waals surface area (Å²) in [5.74, 6) is 0. The molecule has 0 radical (unpaired) electrons. The fourth-order valence-electron chi connectivity index (χ4n) is 1.52. The van der Waals surface area contributed by atoms with E-state index in [9.17, 15) is 0 Å². The summed E-state index contributed by atoms with van der Waals surface area (Å²) in [5, 5.41) is 6.55. The first-order valence-corrected chi connectivity index (χ1v) is 7.57. The molecule has 0 bridgehead atoms. The van der Waals surface area contributed by atoms with Crippen LogP contribution in [0.5, 0.6) is 0 Å². The molecule has 2 aromatic rings. The van der Waals surface area contributed by atoms with E-state index in [1.165, 1.54) is 10.6 Å². The van der Waals surface area contributed by atoms with Gasteiger partial charge in [0.1, 0.15) is 10.7 Å². The molecular formula is C12H17N3S2. The first kappa shape index (κ1) is 12.7. The molecule has 0 saturated heterocycles. The van der Waals surface area contributed by atoms with Gasteiger partial charge < -0.3 is 5.32 Å². The van der Waals surface area contributed by atoms with Crippen LogP contribution in [0.4, 0.5) is 0 Å². The molecule has 17 heavy (non-hydrogen) atoms. The third-order valence-electron chi connectivity index (χ3n) is 2.44. The molecule has 0 spiro atoms. The minimum Gasteiger partial charge on any atom is -0.310 e. The smallest absolute Gasteiger partial charge is 0.143 e. The Hall–Kier alpha value is -0.780. The molecule has 3 nitrogen and oxygen atoms in total. The Labute approximate surface area is 110 Å². The van der Waals surface area contributed by atoms with E-state index < -0.39 is 0 Å². The summed E-state index contributed by atoms with van der Waals surface area (Å²) >= 11 is 3.37. The predicted octanol–water partition coefficient (Wildman–Crippen LogP) is 3.33. The minimum atomic E-state index is 0.504. The first-order chi connectivity index (χ1) is 8.20. The van der Waals surface area contributed by atoms with Crippen molar-refractivity contribution in [3.63, 3.8) is 0 Å². The van der Waals surface area contributed by atoms with Gasteiger partial charge in [0, 0.05) is 22.8 Å². The molecule has 0 aliphatic rings. The lowest BCUT2D eigenvalue weighted by molar-refractivity contribution is 0.590. The summed E-state index contributed by atoms with van der Waals surface area (Å²) in [4.78, 5) is 10.3. The van der Waals surface area contributed by atoms with Gasteiger partial charge in [-0.1, -0.05) is 20.8 Å². The second-order valence-electron chi connectivity index (χ2n) is 4.15. The summed E-state index contributed by atoms with van der Waals surface area (Å²) in [6.07, 6.45) is 0.982. The molecule has 0 saturated carbocycles. The second kappa shape index (κ2) is 5.71. The van der Waals surface area contributed by atoms with Crippen molar-refractivity contribution in [2.24, 2.45) is 0 Å². The van der Waals surface area contributed by atoms with E-state index in [2.05, 4.69) is 41.4 Å². The SMILES string of the molecule is CCc1nc(-c2cscn2)sc1CNC(C)C. The molecular weight excluding hydrogens is 250 g/mol. The van der Waals surface area contributed by atoms with Gasteiger partial charge in [0.05, 0.1) is 11.2 Å². The van der Waals surface area contributed by atoms with Crippen molar-refractivity contribution < 1.29 is 0 Å². The van der Waals surface area contributed by atoms with Crippen LogP contribution in [0.15, 0.2) is 10.9 Å². The minimum absolute atomic E-state index is 0.504. The van der Waals surface area contributed by atoms with E-state index >= 15 is 0 Å². The Kier molecular flexibility index (Phi) is 4.25. The van der Waals surface area contributed by atoms with Gasteiger partial charge in [-0.25, -0.2) is 9.97 Å². The molecule has 0 fully saturated rings. The van der Waals surface area contributed by atoms with E-state index in [4.69, 9.17) is 0 Å². The van der Waals surface area contributed by atoms with Crippen molar-refractivity contribution in [1.29, 1.82) is 0 Å². The highest BCUT2D eigenvalue weighted by Gasteiger charge is 2.12. The van der Waals surface area contributed by atoms with Gasteiger partial charge in [0.2, 0.25) is 0 Å². The van der Waals surface area contributed by atoms with Gasteiger partial charge in [-0.15, -0.1) is 22.7 Å². The van der Waals surface area contributed by atoms with Gasteiger partial charge in [0.25, 0.3) is 0 Å². The van der Waals surface area contributed by atoms with E-state index in [1.54, 1.807) is 22.7 Å². The van der Waals surface area contributed by atoms with Crippen LogP contribution < -0.4 is 5.32 Å². The standard InChI is InChI=1S/C12H17N3S2/c1-4-9-11(5-13-8(2)3)17-12(15-9)10-6-16-7-14-10/h6-8,13H,4-5H2,1-3H3. The summed E-state index contributed by atoms with van der Waals surface area (Å²) in [7, 11) is 0. The molecule has 2 heterocycles. The number of rotatable bonds is 5. The fourth-order valence-corrected chi connectivity index (χ4v) is 3.20. The zero-order valence-electron chi connectivity index (χ0n) is 10.4. The van der Waals surface area contributed by atoms with Crippen LogP contribution in [0.3, 0.4) is 0 Å². The van der Waals surface area contributed by atoms with Gasteiger partial charge in [-0.05, 0) is 6.42 Å². The summed E-state index contributed by atoms with van der Waals surface area (Å²) < 4.78 is 0. The molecule has 1 N–H and O–H groups in total. The highest BCUT2D eigenvalue weighted by molar-refractivity contribution is 7.15. The maximum Gasteiger partial charge on any atom is 0.143 e. The molecule has 0 atom stereocenters. The molecule has 92 valence electrons. The Morgan fingerprint density at radius 3 is 2.82 bits per heavy atom. The van der Waals surface area contributed by atoms with E-state index in [0.29, 0.717) is 6.04 Å². The van der Waals surface area contributed by atoms with E-state index in [1.807, 2.05) is 5.51 Å². The number of hydrogen-bond acceptors (Lipinski definition) is 5. The molecule has 5 heteroatoms. The summed E-state index contributed by atoms with van der Waals surface area (Å²) in [5.41, 5.74) is 4.06. The van der Waals surface area contributed by atoms with Gasteiger partial charge in [-0.2, -0.15) is 0 Å². The molecule has 2 rings (SSSR count). The number of aromatic nitrogens is 2. The highest BCUT2D eigenvalue weighted by Crippen LogP contribution is 2.28. The largest absolute Gasteiger partial charge is 0.310 e. The molecule has 0 aliphatic carbocycles. The molecule has 0 unspecified atom stereocenters. The Morgan fingerprint density at radius 2 is 2.24 bits per heavy atom. The fraction of sp³-hybridized carbons (Fsp3) is 0.500. The molecule has 0 amide bonds. The van der Waals surface area contributed by atoms with Crippen molar-refractivity contribution in [2.45, 2.75) is 39.8 Å². The topological polar surface area (TPSA) is 37.8 Å². The molecule has 2 aromatic heterocycles. The lowest BCUT2D eigenvalue weighted by Gasteiger charge is -2.06. The number of hydrogen-bond donors (Lipinski definition) is 1. The van der Waals surface area contributed by atoms with Crippen molar-refractivity contribution >= 4 is 22.7 Å². The average Bonchev–Trinajstić information content (AvgIpc) is 2.94. The lowest BCUT2D eigenvalue weighted by Crippen LogP contribution is -2.21. The Balaban J connectivity index is 2.20. The Bertz CT molecular complexity index is 460. The van der Waals surface area contributed by atoms with Crippen LogP contribution in [-0.2, 0) is 13.0 Å². The predicted molar refractivity (Wildman–Crippen MR) is 74.6 cm³/mol. The number of thiazole rings is 2. The van der Waals surface area contributed by atoms with Crippen LogP contribution in [0.25, 0.3) is 10.7 Å². The van der Waals surface area contributed by atoms with Crippen LogP contribution in [-0.4, -0.2) is 16.0 Å². The molecule has 0 aromatic carbocycles. The van der Waals surface area contributed by atoms with E-state index in [0.717, 1.165) is 23.7 Å². The molecule has 0 aliphatic heterocycles. The van der Waals surface area contributed by atoms with Gasteiger partial charge in [0.15, 0.2) is 0 Å². The van der Waals surface area contributed by atoms with Crippen LogP contribution in [0, 0.1) is 0 Å². The normalized spacial score (nSPS) is 11.3. The third-order valence-corrected chi connectivity index (χ3v) is 4.14. The quantitative estimate of drug-likeness (QED) is 0.903. The maximum absolute atomic E-state index is 4.67. The zero-order chi connectivity index (χ0) is 12.3. The van der Waals surface area contributed by atoms with Crippen molar-refractivity contribution in [3.8, 4) is 10.7 Å². The van der Waals surface area contributed by atoms with Crippen LogP contribution in [0.2, 0.25) is 0 Å².